The van der Waals surface area contributed by atoms with Gasteiger partial charge < -0.3 is 15.8 Å². The van der Waals surface area contributed by atoms with E-state index < -0.39 is 11.4 Å². The summed E-state index contributed by atoms with van der Waals surface area (Å²) in [6.45, 7) is 4.15. The standard InChI is InChI=1S/C14H20N2O3/c1-14(2,8-9-15)13(18)16-11-6-4-10(5-7-11)12(17)19-3/h4-7H,8-9,15H2,1-3H3,(H,16,18). The van der Waals surface area contributed by atoms with Gasteiger partial charge >= 0.3 is 5.97 Å². The molecule has 0 aliphatic rings. The highest BCUT2D eigenvalue weighted by atomic mass is 16.5. The van der Waals surface area contributed by atoms with Crippen molar-refractivity contribution in [3.63, 3.8) is 0 Å². The van der Waals surface area contributed by atoms with E-state index in [0.29, 0.717) is 24.2 Å². The summed E-state index contributed by atoms with van der Waals surface area (Å²) < 4.78 is 4.60. The summed E-state index contributed by atoms with van der Waals surface area (Å²) in [5.41, 5.74) is 6.05. The summed E-state index contributed by atoms with van der Waals surface area (Å²) in [7, 11) is 1.33. The molecule has 0 radical (unpaired) electrons. The molecule has 104 valence electrons. The predicted octanol–water partition coefficient (Wildman–Crippen LogP) is 1.79. The Bertz CT molecular complexity index is 452. The average Bonchev–Trinajstić information content (AvgIpc) is 2.38. The molecule has 0 atom stereocenters. The molecule has 0 saturated carbocycles. The number of ether oxygens (including phenoxy) is 1. The Balaban J connectivity index is 2.73. The van der Waals surface area contributed by atoms with Crippen LogP contribution in [0, 0.1) is 5.41 Å². The van der Waals surface area contributed by atoms with Gasteiger partial charge in [-0.2, -0.15) is 0 Å². The molecule has 0 fully saturated rings. The highest BCUT2D eigenvalue weighted by molar-refractivity contribution is 5.95. The molecule has 1 aromatic rings. The van der Waals surface area contributed by atoms with Crippen LogP contribution in [0.25, 0.3) is 0 Å². The minimum absolute atomic E-state index is 0.0937. The van der Waals surface area contributed by atoms with Gasteiger partial charge in [-0.3, -0.25) is 4.79 Å². The second-order valence-corrected chi connectivity index (χ2v) is 4.95. The van der Waals surface area contributed by atoms with Gasteiger partial charge in [0.1, 0.15) is 0 Å². The Morgan fingerprint density at radius 2 is 1.84 bits per heavy atom. The predicted molar refractivity (Wildman–Crippen MR) is 73.9 cm³/mol. The van der Waals surface area contributed by atoms with Crippen LogP contribution < -0.4 is 11.1 Å². The molecule has 3 N–H and O–H groups in total. The largest absolute Gasteiger partial charge is 0.465 e. The van der Waals surface area contributed by atoms with E-state index in [1.165, 1.54) is 7.11 Å². The highest BCUT2D eigenvalue weighted by Crippen LogP contribution is 2.22. The van der Waals surface area contributed by atoms with Crippen molar-refractivity contribution in [1.82, 2.24) is 0 Å². The number of carbonyl (C=O) groups is 2. The van der Waals surface area contributed by atoms with E-state index in [-0.39, 0.29) is 5.91 Å². The van der Waals surface area contributed by atoms with Gasteiger partial charge in [-0.05, 0) is 37.2 Å². The van der Waals surface area contributed by atoms with Crippen molar-refractivity contribution in [2.24, 2.45) is 11.1 Å². The molecule has 0 spiro atoms. The molecule has 0 heterocycles. The topological polar surface area (TPSA) is 81.4 Å². The fraction of sp³-hybridized carbons (Fsp3) is 0.429. The van der Waals surface area contributed by atoms with Gasteiger partial charge in [0.25, 0.3) is 0 Å². The van der Waals surface area contributed by atoms with Crippen molar-refractivity contribution in [2.45, 2.75) is 20.3 Å². The molecular weight excluding hydrogens is 244 g/mol. The third-order valence-electron chi connectivity index (χ3n) is 2.95. The molecule has 1 amide bonds. The summed E-state index contributed by atoms with van der Waals surface area (Å²) in [6.07, 6.45) is 0.610. The SMILES string of the molecule is COC(=O)c1ccc(NC(=O)C(C)(C)CCN)cc1. The van der Waals surface area contributed by atoms with Crippen LogP contribution in [0.4, 0.5) is 5.69 Å². The first-order valence-electron chi connectivity index (χ1n) is 6.10. The van der Waals surface area contributed by atoms with Gasteiger partial charge in [0.15, 0.2) is 0 Å². The molecule has 1 aromatic carbocycles. The van der Waals surface area contributed by atoms with Gasteiger partial charge in [0.05, 0.1) is 12.7 Å². The third kappa shape index (κ3) is 4.06. The van der Waals surface area contributed by atoms with Crippen molar-refractivity contribution in [1.29, 1.82) is 0 Å². The van der Waals surface area contributed by atoms with Gasteiger partial charge in [-0.25, -0.2) is 4.79 Å². The Hall–Kier alpha value is -1.88. The molecule has 1 rings (SSSR count). The number of methoxy groups -OCH3 is 1. The lowest BCUT2D eigenvalue weighted by atomic mass is 9.88. The number of esters is 1. The van der Waals surface area contributed by atoms with Crippen molar-refractivity contribution in [3.05, 3.63) is 29.8 Å². The number of anilines is 1. The fourth-order valence-corrected chi connectivity index (χ4v) is 1.58. The van der Waals surface area contributed by atoms with Crippen LogP contribution in [0.2, 0.25) is 0 Å². The maximum absolute atomic E-state index is 12.0. The molecule has 0 aliphatic carbocycles. The maximum atomic E-state index is 12.0. The second-order valence-electron chi connectivity index (χ2n) is 4.95. The summed E-state index contributed by atoms with van der Waals surface area (Å²) in [5.74, 6) is -0.495. The Morgan fingerprint density at radius 1 is 1.26 bits per heavy atom. The molecule has 5 heteroatoms. The number of benzene rings is 1. The van der Waals surface area contributed by atoms with Crippen LogP contribution in [-0.2, 0) is 9.53 Å². The molecular formula is C14H20N2O3. The van der Waals surface area contributed by atoms with Crippen LogP contribution in [-0.4, -0.2) is 25.5 Å². The van der Waals surface area contributed by atoms with Crippen LogP contribution in [0.1, 0.15) is 30.6 Å². The molecule has 0 aromatic heterocycles. The lowest BCUT2D eigenvalue weighted by Crippen LogP contribution is -2.32. The molecule has 5 nitrogen and oxygen atoms in total. The van der Waals surface area contributed by atoms with E-state index in [0.717, 1.165) is 0 Å². The monoisotopic (exact) mass is 264 g/mol. The van der Waals surface area contributed by atoms with E-state index in [2.05, 4.69) is 10.1 Å². The number of amides is 1. The van der Waals surface area contributed by atoms with Crippen molar-refractivity contribution < 1.29 is 14.3 Å². The number of hydrogen-bond acceptors (Lipinski definition) is 4. The lowest BCUT2D eigenvalue weighted by Gasteiger charge is -2.22. The zero-order chi connectivity index (χ0) is 14.5. The van der Waals surface area contributed by atoms with E-state index in [1.807, 2.05) is 13.8 Å². The smallest absolute Gasteiger partial charge is 0.337 e. The summed E-state index contributed by atoms with van der Waals surface area (Å²) in [5, 5.41) is 2.80. The number of nitrogens with two attached hydrogens (primary N) is 1. The van der Waals surface area contributed by atoms with Gasteiger partial charge in [0, 0.05) is 11.1 Å². The Morgan fingerprint density at radius 3 is 2.32 bits per heavy atom. The first-order valence-corrected chi connectivity index (χ1v) is 6.10. The summed E-state index contributed by atoms with van der Waals surface area (Å²) in [6, 6.07) is 6.56. The molecule has 0 aliphatic heterocycles. The Kier molecular flexibility index (Phi) is 5.06. The number of hydrogen-bond donors (Lipinski definition) is 2. The highest BCUT2D eigenvalue weighted by Gasteiger charge is 2.26. The normalized spacial score (nSPS) is 10.9. The first-order chi connectivity index (χ1) is 8.90. The number of carbonyl (C=O) groups excluding carboxylic acids is 2. The lowest BCUT2D eigenvalue weighted by molar-refractivity contribution is -0.124. The first kappa shape index (κ1) is 15.2. The number of nitrogens with one attached hydrogen (secondary N) is 1. The van der Waals surface area contributed by atoms with Crippen LogP contribution in [0.5, 0.6) is 0 Å². The van der Waals surface area contributed by atoms with Crippen molar-refractivity contribution >= 4 is 17.6 Å². The second kappa shape index (κ2) is 6.33. The average molecular weight is 264 g/mol. The third-order valence-corrected chi connectivity index (χ3v) is 2.95. The fourth-order valence-electron chi connectivity index (χ4n) is 1.58. The molecule has 0 bridgehead atoms. The minimum Gasteiger partial charge on any atom is -0.465 e. The summed E-state index contributed by atoms with van der Waals surface area (Å²) in [4.78, 5) is 23.3. The zero-order valence-electron chi connectivity index (χ0n) is 11.5. The van der Waals surface area contributed by atoms with Crippen molar-refractivity contribution in [2.75, 3.05) is 19.0 Å². The maximum Gasteiger partial charge on any atom is 0.337 e. The Labute approximate surface area is 113 Å². The van der Waals surface area contributed by atoms with E-state index in [1.54, 1.807) is 24.3 Å². The number of rotatable bonds is 5. The van der Waals surface area contributed by atoms with Crippen molar-refractivity contribution in [3.8, 4) is 0 Å². The summed E-state index contributed by atoms with van der Waals surface area (Å²) >= 11 is 0. The van der Waals surface area contributed by atoms with Gasteiger partial charge in [0.2, 0.25) is 5.91 Å². The molecule has 19 heavy (non-hydrogen) atoms. The van der Waals surface area contributed by atoms with Gasteiger partial charge in [-0.15, -0.1) is 0 Å². The minimum atomic E-state index is -0.518. The molecule has 0 saturated heterocycles. The van der Waals surface area contributed by atoms with Crippen LogP contribution >= 0.6 is 0 Å². The quantitative estimate of drug-likeness (QED) is 0.794. The van der Waals surface area contributed by atoms with E-state index >= 15 is 0 Å². The van der Waals surface area contributed by atoms with E-state index in [9.17, 15) is 9.59 Å². The van der Waals surface area contributed by atoms with Crippen LogP contribution in [0.3, 0.4) is 0 Å². The van der Waals surface area contributed by atoms with E-state index in [4.69, 9.17) is 5.73 Å². The van der Waals surface area contributed by atoms with Crippen LogP contribution in [0.15, 0.2) is 24.3 Å². The molecule has 0 unspecified atom stereocenters. The van der Waals surface area contributed by atoms with Gasteiger partial charge in [-0.1, -0.05) is 13.8 Å². The zero-order valence-corrected chi connectivity index (χ0v) is 11.5.